The summed E-state index contributed by atoms with van der Waals surface area (Å²) in [5.74, 6) is 0.946. The van der Waals surface area contributed by atoms with E-state index in [1.165, 1.54) is 0 Å². The van der Waals surface area contributed by atoms with Crippen molar-refractivity contribution in [2.45, 2.75) is 19.8 Å². The van der Waals surface area contributed by atoms with Crippen molar-refractivity contribution in [3.8, 4) is 0 Å². The number of likely N-dealkylation sites (tertiary alicyclic amines) is 1. The molecule has 2 heterocycles. The summed E-state index contributed by atoms with van der Waals surface area (Å²) in [4.78, 5) is 13.8. The molecular formula is C11H15BrN2O2. The number of carbonyl (C=O) groups is 1. The molecule has 1 saturated heterocycles. The van der Waals surface area contributed by atoms with Gasteiger partial charge in [-0.05, 0) is 25.7 Å². The van der Waals surface area contributed by atoms with E-state index in [0.717, 1.165) is 37.0 Å². The number of amides is 1. The molecule has 0 radical (unpaired) electrons. The van der Waals surface area contributed by atoms with E-state index < -0.39 is 0 Å². The molecule has 0 N–H and O–H groups in total. The first-order chi connectivity index (χ1) is 7.70. The number of carbonyl (C=O) groups excluding carboxylic acids is 1. The molecule has 1 amide bonds. The number of nitrogens with zero attached hydrogens (tertiary/aromatic N) is 2. The maximum atomic E-state index is 12.0. The van der Waals surface area contributed by atoms with Gasteiger partial charge in [-0.3, -0.25) is 4.79 Å². The molecule has 1 aromatic rings. The van der Waals surface area contributed by atoms with Gasteiger partial charge in [0.05, 0.1) is 5.69 Å². The predicted molar refractivity (Wildman–Crippen MR) is 63.7 cm³/mol. The third-order valence-electron chi connectivity index (χ3n) is 2.93. The highest BCUT2D eigenvalue weighted by molar-refractivity contribution is 9.09. The standard InChI is InChI=1S/C11H15BrN2O2/c1-8-6-10(16-13-8)11(15)14-5-3-9(7-14)2-4-12/h6,9H,2-5,7H2,1H3. The van der Waals surface area contributed by atoms with Gasteiger partial charge in [0.15, 0.2) is 0 Å². The minimum Gasteiger partial charge on any atom is -0.351 e. The predicted octanol–water partition coefficient (Wildman–Crippen LogP) is 2.23. The number of alkyl halides is 1. The Hall–Kier alpha value is -0.840. The van der Waals surface area contributed by atoms with E-state index in [0.29, 0.717) is 11.7 Å². The number of rotatable bonds is 3. The maximum Gasteiger partial charge on any atom is 0.292 e. The molecule has 1 fully saturated rings. The van der Waals surface area contributed by atoms with Crippen LogP contribution in [0.1, 0.15) is 29.1 Å². The second-order valence-electron chi connectivity index (χ2n) is 4.22. The molecule has 0 bridgehead atoms. The van der Waals surface area contributed by atoms with Crippen molar-refractivity contribution in [2.75, 3.05) is 18.4 Å². The fraction of sp³-hybridized carbons (Fsp3) is 0.636. The Morgan fingerprint density at radius 3 is 3.19 bits per heavy atom. The van der Waals surface area contributed by atoms with Gasteiger partial charge in [0, 0.05) is 24.5 Å². The number of aryl methyl sites for hydroxylation is 1. The lowest BCUT2D eigenvalue weighted by Gasteiger charge is -2.13. The topological polar surface area (TPSA) is 46.3 Å². The Balaban J connectivity index is 1.97. The molecule has 1 unspecified atom stereocenters. The van der Waals surface area contributed by atoms with Crippen LogP contribution in [0.5, 0.6) is 0 Å². The first kappa shape index (κ1) is 11.6. The summed E-state index contributed by atoms with van der Waals surface area (Å²) in [5, 5.41) is 4.74. The van der Waals surface area contributed by atoms with E-state index >= 15 is 0 Å². The average Bonchev–Trinajstić information content (AvgIpc) is 2.87. The molecule has 1 atom stereocenters. The van der Waals surface area contributed by atoms with Gasteiger partial charge in [-0.1, -0.05) is 21.1 Å². The van der Waals surface area contributed by atoms with E-state index in [1.807, 2.05) is 11.8 Å². The molecule has 0 aliphatic carbocycles. The van der Waals surface area contributed by atoms with Crippen LogP contribution in [0.25, 0.3) is 0 Å². The molecule has 2 rings (SSSR count). The number of aromatic nitrogens is 1. The zero-order valence-corrected chi connectivity index (χ0v) is 10.9. The number of halogens is 1. The Morgan fingerprint density at radius 2 is 2.56 bits per heavy atom. The largest absolute Gasteiger partial charge is 0.351 e. The lowest BCUT2D eigenvalue weighted by Crippen LogP contribution is -2.28. The number of hydrogen-bond donors (Lipinski definition) is 0. The van der Waals surface area contributed by atoms with Crippen LogP contribution < -0.4 is 0 Å². The van der Waals surface area contributed by atoms with Crippen molar-refractivity contribution in [3.63, 3.8) is 0 Å². The molecule has 0 aromatic carbocycles. The second kappa shape index (κ2) is 4.99. The van der Waals surface area contributed by atoms with Crippen LogP contribution in [-0.2, 0) is 0 Å². The van der Waals surface area contributed by atoms with Crippen molar-refractivity contribution < 1.29 is 9.32 Å². The van der Waals surface area contributed by atoms with Crippen molar-refractivity contribution >= 4 is 21.8 Å². The molecule has 0 saturated carbocycles. The quantitative estimate of drug-likeness (QED) is 0.801. The lowest BCUT2D eigenvalue weighted by atomic mass is 10.1. The lowest BCUT2D eigenvalue weighted by molar-refractivity contribution is 0.0745. The second-order valence-corrected chi connectivity index (χ2v) is 5.01. The van der Waals surface area contributed by atoms with Crippen LogP contribution in [0, 0.1) is 12.8 Å². The van der Waals surface area contributed by atoms with Crippen LogP contribution in [0.2, 0.25) is 0 Å². The average molecular weight is 287 g/mol. The summed E-state index contributed by atoms with van der Waals surface area (Å²) < 4.78 is 4.98. The molecular weight excluding hydrogens is 272 g/mol. The first-order valence-electron chi connectivity index (χ1n) is 5.49. The third kappa shape index (κ3) is 2.45. The summed E-state index contributed by atoms with van der Waals surface area (Å²) >= 11 is 3.43. The van der Waals surface area contributed by atoms with Gasteiger partial charge in [0.1, 0.15) is 0 Å². The van der Waals surface area contributed by atoms with E-state index in [9.17, 15) is 4.79 Å². The fourth-order valence-electron chi connectivity index (χ4n) is 2.03. The zero-order valence-electron chi connectivity index (χ0n) is 9.28. The van der Waals surface area contributed by atoms with Gasteiger partial charge >= 0.3 is 0 Å². The highest BCUT2D eigenvalue weighted by Gasteiger charge is 2.28. The molecule has 4 nitrogen and oxygen atoms in total. The SMILES string of the molecule is Cc1cc(C(=O)N2CCC(CCBr)C2)on1. The van der Waals surface area contributed by atoms with Crippen LogP contribution in [-0.4, -0.2) is 34.4 Å². The molecule has 1 aliphatic heterocycles. The summed E-state index contributed by atoms with van der Waals surface area (Å²) in [6.07, 6.45) is 2.21. The number of hydrogen-bond acceptors (Lipinski definition) is 3. The maximum absolute atomic E-state index is 12.0. The van der Waals surface area contributed by atoms with Gasteiger partial charge in [0.2, 0.25) is 5.76 Å². The summed E-state index contributed by atoms with van der Waals surface area (Å²) in [5.41, 5.74) is 0.750. The van der Waals surface area contributed by atoms with E-state index in [1.54, 1.807) is 6.07 Å². The van der Waals surface area contributed by atoms with Crippen LogP contribution in [0.3, 0.4) is 0 Å². The summed E-state index contributed by atoms with van der Waals surface area (Å²) in [7, 11) is 0. The van der Waals surface area contributed by atoms with Crippen molar-refractivity contribution in [1.29, 1.82) is 0 Å². The minimum atomic E-state index is -0.0299. The Labute approximate surface area is 103 Å². The fourth-order valence-corrected chi connectivity index (χ4v) is 2.67. The summed E-state index contributed by atoms with van der Waals surface area (Å²) in [6.45, 7) is 3.48. The van der Waals surface area contributed by atoms with Gasteiger partial charge in [-0.2, -0.15) is 0 Å². The Kier molecular flexibility index (Phi) is 3.63. The minimum absolute atomic E-state index is 0.0299. The first-order valence-corrected chi connectivity index (χ1v) is 6.61. The molecule has 16 heavy (non-hydrogen) atoms. The van der Waals surface area contributed by atoms with Gasteiger partial charge in [-0.25, -0.2) is 0 Å². The smallest absolute Gasteiger partial charge is 0.292 e. The van der Waals surface area contributed by atoms with Crippen molar-refractivity contribution in [2.24, 2.45) is 5.92 Å². The van der Waals surface area contributed by atoms with E-state index in [-0.39, 0.29) is 5.91 Å². The zero-order chi connectivity index (χ0) is 11.5. The van der Waals surface area contributed by atoms with Gasteiger partial charge in [0.25, 0.3) is 5.91 Å². The van der Waals surface area contributed by atoms with E-state index in [2.05, 4.69) is 21.1 Å². The van der Waals surface area contributed by atoms with Crippen LogP contribution in [0.4, 0.5) is 0 Å². The van der Waals surface area contributed by atoms with Crippen LogP contribution in [0.15, 0.2) is 10.6 Å². The molecule has 88 valence electrons. The highest BCUT2D eigenvalue weighted by atomic mass is 79.9. The highest BCUT2D eigenvalue weighted by Crippen LogP contribution is 2.22. The van der Waals surface area contributed by atoms with Crippen LogP contribution >= 0.6 is 15.9 Å². The molecule has 1 aliphatic rings. The Morgan fingerprint density at radius 1 is 1.75 bits per heavy atom. The summed E-state index contributed by atoms with van der Waals surface area (Å²) in [6, 6.07) is 1.69. The van der Waals surface area contributed by atoms with Crippen molar-refractivity contribution in [3.05, 3.63) is 17.5 Å². The Bertz CT molecular complexity index is 378. The molecule has 1 aromatic heterocycles. The van der Waals surface area contributed by atoms with Gasteiger partial charge < -0.3 is 9.42 Å². The van der Waals surface area contributed by atoms with Crippen molar-refractivity contribution in [1.82, 2.24) is 10.1 Å². The van der Waals surface area contributed by atoms with E-state index in [4.69, 9.17) is 4.52 Å². The normalized spacial score (nSPS) is 20.4. The monoisotopic (exact) mass is 286 g/mol. The third-order valence-corrected chi connectivity index (χ3v) is 3.39. The molecule has 5 heteroatoms. The molecule has 0 spiro atoms. The van der Waals surface area contributed by atoms with Gasteiger partial charge in [-0.15, -0.1) is 0 Å².